The topological polar surface area (TPSA) is 64.9 Å². The number of hydrogen-bond acceptors (Lipinski definition) is 5. The lowest BCUT2D eigenvalue weighted by molar-refractivity contribution is 0.483. The Morgan fingerprint density at radius 3 is 2.30 bits per heavy atom. The molecule has 7 heteroatoms. The van der Waals surface area contributed by atoms with E-state index in [1.54, 1.807) is 23.0 Å². The molecule has 5 rings (SSSR count). The second-order valence-corrected chi connectivity index (χ2v) is 6.56. The van der Waals surface area contributed by atoms with Crippen LogP contribution in [0.25, 0.3) is 16.7 Å². The molecule has 0 saturated heterocycles. The molecule has 0 fully saturated rings. The number of hydrogen-bond donors (Lipinski definition) is 1. The summed E-state index contributed by atoms with van der Waals surface area (Å²) in [7, 11) is 0. The highest BCUT2D eigenvalue weighted by molar-refractivity contribution is 5.89. The van der Waals surface area contributed by atoms with E-state index in [0.717, 1.165) is 28.3 Å². The number of halogens is 1. The van der Waals surface area contributed by atoms with Crippen LogP contribution in [0.1, 0.15) is 0 Å². The van der Waals surface area contributed by atoms with Crippen LogP contribution < -0.4 is 10.1 Å². The highest BCUT2D eigenvalue weighted by atomic mass is 19.1. The fourth-order valence-electron chi connectivity index (χ4n) is 3.08. The van der Waals surface area contributed by atoms with Crippen molar-refractivity contribution in [2.45, 2.75) is 0 Å². The number of benzene rings is 3. The molecular formula is C23H16FN5O. The van der Waals surface area contributed by atoms with Gasteiger partial charge in [-0.2, -0.15) is 5.10 Å². The van der Waals surface area contributed by atoms with Gasteiger partial charge in [-0.05, 0) is 60.7 Å². The summed E-state index contributed by atoms with van der Waals surface area (Å²) in [4.78, 5) is 8.69. The zero-order valence-corrected chi connectivity index (χ0v) is 15.7. The zero-order valence-electron chi connectivity index (χ0n) is 15.7. The molecule has 0 aliphatic heterocycles. The van der Waals surface area contributed by atoms with Gasteiger partial charge in [0.05, 0.1) is 17.3 Å². The molecule has 0 aliphatic rings. The van der Waals surface area contributed by atoms with Crippen LogP contribution in [-0.4, -0.2) is 19.7 Å². The molecule has 2 heterocycles. The van der Waals surface area contributed by atoms with Crippen LogP contribution in [0.5, 0.6) is 11.5 Å². The standard InChI is InChI=1S/C23H16FN5O/c24-16-6-10-18(11-7-16)29-23-21(14-27-29)22(25-15-26-23)28-17-8-12-20(13-9-17)30-19-4-2-1-3-5-19/h1-15H,(H,25,26,28). The number of nitrogens with one attached hydrogen (secondary N) is 1. The van der Waals surface area contributed by atoms with E-state index in [2.05, 4.69) is 20.4 Å². The van der Waals surface area contributed by atoms with Gasteiger partial charge < -0.3 is 10.1 Å². The number of rotatable bonds is 5. The van der Waals surface area contributed by atoms with Crippen LogP contribution in [0.3, 0.4) is 0 Å². The molecule has 6 nitrogen and oxygen atoms in total. The minimum Gasteiger partial charge on any atom is -0.457 e. The van der Waals surface area contributed by atoms with Gasteiger partial charge in [-0.15, -0.1) is 0 Å². The molecule has 0 bridgehead atoms. The summed E-state index contributed by atoms with van der Waals surface area (Å²) in [6.07, 6.45) is 3.16. The molecule has 3 aromatic carbocycles. The maximum absolute atomic E-state index is 13.2. The predicted molar refractivity (Wildman–Crippen MR) is 113 cm³/mol. The van der Waals surface area contributed by atoms with Crippen molar-refractivity contribution in [1.82, 2.24) is 19.7 Å². The highest BCUT2D eigenvalue weighted by Gasteiger charge is 2.11. The summed E-state index contributed by atoms with van der Waals surface area (Å²) in [6, 6.07) is 23.3. The third-order valence-electron chi connectivity index (χ3n) is 4.53. The molecule has 1 N–H and O–H groups in total. The molecule has 0 radical (unpaired) electrons. The van der Waals surface area contributed by atoms with Crippen molar-refractivity contribution in [3.05, 3.63) is 97.2 Å². The first kappa shape index (κ1) is 17.8. The fourth-order valence-corrected chi connectivity index (χ4v) is 3.08. The van der Waals surface area contributed by atoms with Crippen LogP contribution in [-0.2, 0) is 0 Å². The summed E-state index contributed by atoms with van der Waals surface area (Å²) < 4.78 is 20.7. The number of fused-ring (bicyclic) bond motifs is 1. The first-order valence-electron chi connectivity index (χ1n) is 9.31. The summed E-state index contributed by atoms with van der Waals surface area (Å²) >= 11 is 0. The van der Waals surface area contributed by atoms with Crippen molar-refractivity contribution in [2.75, 3.05) is 5.32 Å². The Hall–Kier alpha value is -4.26. The SMILES string of the molecule is Fc1ccc(-n2ncc3c(Nc4ccc(Oc5ccccc5)cc4)ncnc32)cc1. The van der Waals surface area contributed by atoms with Crippen LogP contribution >= 0.6 is 0 Å². The van der Waals surface area contributed by atoms with Gasteiger partial charge in [0.25, 0.3) is 0 Å². The lowest BCUT2D eigenvalue weighted by atomic mass is 10.3. The maximum atomic E-state index is 13.2. The van der Waals surface area contributed by atoms with Crippen molar-refractivity contribution in [1.29, 1.82) is 0 Å². The number of nitrogens with zero attached hydrogens (tertiary/aromatic N) is 4. The van der Waals surface area contributed by atoms with Crippen molar-refractivity contribution >= 4 is 22.5 Å². The summed E-state index contributed by atoms with van der Waals surface area (Å²) in [5.41, 5.74) is 2.20. The predicted octanol–water partition coefficient (Wildman–Crippen LogP) is 5.49. The second-order valence-electron chi connectivity index (χ2n) is 6.56. The summed E-state index contributed by atoms with van der Waals surface area (Å²) in [5.74, 6) is 1.85. The van der Waals surface area contributed by atoms with Crippen LogP contribution in [0.2, 0.25) is 0 Å². The second kappa shape index (κ2) is 7.63. The Morgan fingerprint density at radius 1 is 0.800 bits per heavy atom. The first-order chi connectivity index (χ1) is 14.8. The molecule has 146 valence electrons. The molecule has 0 amide bonds. The molecule has 30 heavy (non-hydrogen) atoms. The van der Waals surface area contributed by atoms with Crippen LogP contribution in [0, 0.1) is 5.82 Å². The summed E-state index contributed by atoms with van der Waals surface area (Å²) in [6.45, 7) is 0. The summed E-state index contributed by atoms with van der Waals surface area (Å²) in [5, 5.41) is 8.44. The van der Waals surface area contributed by atoms with Crippen molar-refractivity contribution in [2.24, 2.45) is 0 Å². The van der Waals surface area contributed by atoms with E-state index in [1.165, 1.54) is 18.5 Å². The third kappa shape index (κ3) is 3.56. The van der Waals surface area contributed by atoms with E-state index in [9.17, 15) is 4.39 Å². The van der Waals surface area contributed by atoms with Crippen LogP contribution in [0.15, 0.2) is 91.4 Å². The molecule has 0 unspecified atom stereocenters. The number of ether oxygens (including phenoxy) is 1. The van der Waals surface area contributed by atoms with Gasteiger partial charge in [0, 0.05) is 5.69 Å². The Labute approximate surface area is 171 Å². The van der Waals surface area contributed by atoms with E-state index in [1.807, 2.05) is 54.6 Å². The van der Waals surface area contributed by atoms with E-state index >= 15 is 0 Å². The average molecular weight is 397 g/mol. The smallest absolute Gasteiger partial charge is 0.168 e. The van der Waals surface area contributed by atoms with Gasteiger partial charge in [-0.25, -0.2) is 19.0 Å². The average Bonchev–Trinajstić information content (AvgIpc) is 3.22. The van der Waals surface area contributed by atoms with Crippen molar-refractivity contribution in [3.63, 3.8) is 0 Å². The lowest BCUT2D eigenvalue weighted by Crippen LogP contribution is -1.99. The normalized spacial score (nSPS) is 10.8. The molecule has 0 saturated carbocycles. The third-order valence-corrected chi connectivity index (χ3v) is 4.53. The minimum absolute atomic E-state index is 0.299. The Bertz CT molecular complexity index is 1290. The Kier molecular flexibility index (Phi) is 4.53. The van der Waals surface area contributed by atoms with E-state index in [4.69, 9.17) is 4.74 Å². The van der Waals surface area contributed by atoms with Crippen molar-refractivity contribution in [3.8, 4) is 17.2 Å². The Morgan fingerprint density at radius 2 is 1.53 bits per heavy atom. The lowest BCUT2D eigenvalue weighted by Gasteiger charge is -2.09. The zero-order chi connectivity index (χ0) is 20.3. The van der Waals surface area contributed by atoms with Gasteiger partial charge in [-0.3, -0.25) is 0 Å². The fraction of sp³-hybridized carbons (Fsp3) is 0. The number of para-hydroxylation sites is 1. The van der Waals surface area contributed by atoms with Crippen LogP contribution in [0.4, 0.5) is 15.9 Å². The van der Waals surface area contributed by atoms with Gasteiger partial charge in [0.1, 0.15) is 29.5 Å². The molecule has 0 atom stereocenters. The highest BCUT2D eigenvalue weighted by Crippen LogP contribution is 2.27. The largest absolute Gasteiger partial charge is 0.457 e. The quantitative estimate of drug-likeness (QED) is 0.425. The maximum Gasteiger partial charge on any atom is 0.168 e. The van der Waals surface area contributed by atoms with Gasteiger partial charge >= 0.3 is 0 Å². The monoisotopic (exact) mass is 397 g/mol. The van der Waals surface area contributed by atoms with E-state index in [-0.39, 0.29) is 5.82 Å². The van der Waals surface area contributed by atoms with Gasteiger partial charge in [-0.1, -0.05) is 18.2 Å². The van der Waals surface area contributed by atoms with E-state index < -0.39 is 0 Å². The number of aromatic nitrogens is 4. The van der Waals surface area contributed by atoms with Gasteiger partial charge in [0.2, 0.25) is 0 Å². The van der Waals surface area contributed by atoms with Crippen molar-refractivity contribution < 1.29 is 9.13 Å². The molecule has 2 aromatic heterocycles. The molecule has 5 aromatic rings. The number of anilines is 2. The molecule has 0 spiro atoms. The minimum atomic E-state index is -0.299. The van der Waals surface area contributed by atoms with Gasteiger partial charge in [0.15, 0.2) is 5.65 Å². The first-order valence-corrected chi connectivity index (χ1v) is 9.31. The molecular weight excluding hydrogens is 381 g/mol. The molecule has 0 aliphatic carbocycles. The Balaban J connectivity index is 1.40. The van der Waals surface area contributed by atoms with E-state index in [0.29, 0.717) is 11.5 Å².